The monoisotopic (exact) mass is 293 g/mol. The van der Waals surface area contributed by atoms with E-state index in [2.05, 4.69) is 4.72 Å². The predicted octanol–water partition coefficient (Wildman–Crippen LogP) is 0.394. The Bertz CT molecular complexity index is 570. The fraction of sp³-hybridized carbons (Fsp3) is 0.455. The molecule has 1 aromatic carbocycles. The molecule has 1 fully saturated rings. The van der Waals surface area contributed by atoms with Gasteiger partial charge in [-0.05, 0) is 18.2 Å². The van der Waals surface area contributed by atoms with Gasteiger partial charge in [0.25, 0.3) is 0 Å². The van der Waals surface area contributed by atoms with Crippen LogP contribution in [0, 0.1) is 11.6 Å². The zero-order valence-electron chi connectivity index (χ0n) is 9.90. The number of hydrogen-bond donors (Lipinski definition) is 2. The molecule has 5 nitrogen and oxygen atoms in total. The molecular weight excluding hydrogens is 280 g/mol. The quantitative estimate of drug-likeness (QED) is 0.842. The Hall–Kier alpha value is -1.09. The molecule has 0 aromatic heterocycles. The van der Waals surface area contributed by atoms with Gasteiger partial charge in [-0.3, -0.25) is 0 Å². The smallest absolute Gasteiger partial charge is 0.240 e. The molecule has 8 heteroatoms. The first-order chi connectivity index (χ1) is 8.82. The van der Waals surface area contributed by atoms with Crippen molar-refractivity contribution in [1.29, 1.82) is 0 Å². The molecule has 2 rings (SSSR count). The van der Waals surface area contributed by atoms with E-state index in [0.29, 0.717) is 19.1 Å². The minimum Gasteiger partial charge on any atom is -0.386 e. The van der Waals surface area contributed by atoms with Gasteiger partial charge in [0.2, 0.25) is 10.0 Å². The van der Waals surface area contributed by atoms with Crippen LogP contribution in [0.1, 0.15) is 6.42 Å². The first-order valence-electron chi connectivity index (χ1n) is 5.57. The maximum absolute atomic E-state index is 13.0. The summed E-state index contributed by atoms with van der Waals surface area (Å²) in [7, 11) is -4.00. The maximum atomic E-state index is 13.0. The largest absolute Gasteiger partial charge is 0.386 e. The molecule has 0 aliphatic carbocycles. The van der Waals surface area contributed by atoms with E-state index in [1.165, 1.54) is 0 Å². The summed E-state index contributed by atoms with van der Waals surface area (Å²) in [6, 6.07) is 2.28. The van der Waals surface area contributed by atoms with Crippen LogP contribution in [0.15, 0.2) is 23.1 Å². The Morgan fingerprint density at radius 1 is 1.37 bits per heavy atom. The zero-order chi connectivity index (χ0) is 14.1. The summed E-state index contributed by atoms with van der Waals surface area (Å²) in [4.78, 5) is -0.395. The number of aliphatic hydroxyl groups is 1. The van der Waals surface area contributed by atoms with Crippen molar-refractivity contribution in [2.24, 2.45) is 0 Å². The van der Waals surface area contributed by atoms with Crippen molar-refractivity contribution >= 4 is 10.0 Å². The number of benzene rings is 1. The van der Waals surface area contributed by atoms with Crippen molar-refractivity contribution in [1.82, 2.24) is 4.72 Å². The van der Waals surface area contributed by atoms with E-state index in [9.17, 15) is 22.3 Å². The Kier molecular flexibility index (Phi) is 3.86. The lowest BCUT2D eigenvalue weighted by Crippen LogP contribution is -2.43. The van der Waals surface area contributed by atoms with E-state index in [4.69, 9.17) is 4.74 Å². The molecule has 19 heavy (non-hydrogen) atoms. The van der Waals surface area contributed by atoms with Crippen LogP contribution < -0.4 is 4.72 Å². The van der Waals surface area contributed by atoms with Crippen LogP contribution in [0.5, 0.6) is 0 Å². The molecule has 1 aliphatic heterocycles. The lowest BCUT2D eigenvalue weighted by molar-refractivity contribution is 0.0314. The van der Waals surface area contributed by atoms with E-state index >= 15 is 0 Å². The Balaban J connectivity index is 2.11. The number of nitrogens with one attached hydrogen (secondary N) is 1. The summed E-state index contributed by atoms with van der Waals surface area (Å²) >= 11 is 0. The summed E-state index contributed by atoms with van der Waals surface area (Å²) in [6.07, 6.45) is 0.313. The van der Waals surface area contributed by atoms with E-state index < -0.39 is 32.2 Å². The van der Waals surface area contributed by atoms with Gasteiger partial charge in [-0.25, -0.2) is 21.9 Å². The van der Waals surface area contributed by atoms with Crippen molar-refractivity contribution in [2.75, 3.05) is 19.8 Å². The van der Waals surface area contributed by atoms with Crippen LogP contribution in [0.4, 0.5) is 8.78 Å². The summed E-state index contributed by atoms with van der Waals surface area (Å²) in [6.45, 7) is 0.144. The van der Waals surface area contributed by atoms with Gasteiger partial charge < -0.3 is 9.84 Å². The highest BCUT2D eigenvalue weighted by molar-refractivity contribution is 7.89. The summed E-state index contributed by atoms with van der Waals surface area (Å²) < 4.78 is 56.5. The third-order valence-corrected chi connectivity index (χ3v) is 4.27. The van der Waals surface area contributed by atoms with Gasteiger partial charge in [0, 0.05) is 19.6 Å². The van der Waals surface area contributed by atoms with Crippen molar-refractivity contribution in [3.63, 3.8) is 0 Å². The molecule has 1 atom stereocenters. The average Bonchev–Trinajstić information content (AvgIpc) is 2.78. The first-order valence-corrected chi connectivity index (χ1v) is 7.06. The van der Waals surface area contributed by atoms with Crippen molar-refractivity contribution in [3.8, 4) is 0 Å². The third kappa shape index (κ3) is 3.27. The van der Waals surface area contributed by atoms with Crippen molar-refractivity contribution in [2.45, 2.75) is 16.9 Å². The lowest BCUT2D eigenvalue weighted by atomic mass is 10.1. The van der Waals surface area contributed by atoms with Crippen LogP contribution >= 0.6 is 0 Å². The van der Waals surface area contributed by atoms with Gasteiger partial charge in [-0.2, -0.15) is 0 Å². The number of ether oxygens (including phenoxy) is 1. The normalized spacial score (nSPS) is 23.7. The molecule has 0 unspecified atom stereocenters. The molecule has 0 spiro atoms. The molecule has 1 saturated heterocycles. The maximum Gasteiger partial charge on any atom is 0.240 e. The molecule has 1 heterocycles. The van der Waals surface area contributed by atoms with Gasteiger partial charge in [-0.1, -0.05) is 0 Å². The highest BCUT2D eigenvalue weighted by Gasteiger charge is 2.33. The van der Waals surface area contributed by atoms with Gasteiger partial charge in [0.05, 0.1) is 11.5 Å². The standard InChI is InChI=1S/C11H13F2NO4S/c12-9-2-1-8(5-10(9)13)19(16,17)14-6-11(15)3-4-18-7-11/h1-2,5,14-15H,3-4,6-7H2/t11-/m0/s1. The number of rotatable bonds is 4. The van der Waals surface area contributed by atoms with Crippen LogP contribution in [0.2, 0.25) is 0 Å². The van der Waals surface area contributed by atoms with Crippen molar-refractivity contribution in [3.05, 3.63) is 29.8 Å². The first kappa shape index (κ1) is 14.3. The van der Waals surface area contributed by atoms with Crippen LogP contribution in [-0.4, -0.2) is 38.9 Å². The SMILES string of the molecule is O=S(=O)(NC[C@@]1(O)CCOC1)c1ccc(F)c(F)c1. The van der Waals surface area contributed by atoms with Crippen LogP contribution in [0.3, 0.4) is 0 Å². The van der Waals surface area contributed by atoms with Gasteiger partial charge in [0.1, 0.15) is 5.60 Å². The highest BCUT2D eigenvalue weighted by Crippen LogP contribution is 2.19. The minimum atomic E-state index is -4.00. The Morgan fingerprint density at radius 2 is 2.11 bits per heavy atom. The second-order valence-electron chi connectivity index (χ2n) is 4.43. The Morgan fingerprint density at radius 3 is 2.68 bits per heavy atom. The van der Waals surface area contributed by atoms with E-state index in [1.807, 2.05) is 0 Å². The number of sulfonamides is 1. The molecule has 2 N–H and O–H groups in total. The summed E-state index contributed by atoms with van der Waals surface area (Å²) in [5.74, 6) is -2.37. The fourth-order valence-electron chi connectivity index (χ4n) is 1.69. The molecule has 0 radical (unpaired) electrons. The summed E-state index contributed by atoms with van der Waals surface area (Å²) in [5, 5.41) is 9.91. The van der Waals surface area contributed by atoms with Gasteiger partial charge >= 0.3 is 0 Å². The zero-order valence-corrected chi connectivity index (χ0v) is 10.7. The van der Waals surface area contributed by atoms with E-state index in [0.717, 1.165) is 12.1 Å². The number of halogens is 2. The molecule has 1 aromatic rings. The topological polar surface area (TPSA) is 75.6 Å². The van der Waals surface area contributed by atoms with E-state index in [-0.39, 0.29) is 13.2 Å². The molecule has 0 saturated carbocycles. The second-order valence-corrected chi connectivity index (χ2v) is 6.19. The third-order valence-electron chi connectivity index (χ3n) is 2.88. The molecular formula is C11H13F2NO4S. The van der Waals surface area contributed by atoms with Gasteiger partial charge in [0.15, 0.2) is 11.6 Å². The molecule has 1 aliphatic rings. The fourth-order valence-corrected chi connectivity index (χ4v) is 2.82. The Labute approximate surface area is 109 Å². The van der Waals surface area contributed by atoms with E-state index in [1.54, 1.807) is 0 Å². The van der Waals surface area contributed by atoms with Crippen molar-refractivity contribution < 1.29 is 27.0 Å². The molecule has 106 valence electrons. The van der Waals surface area contributed by atoms with Crippen LogP contribution in [-0.2, 0) is 14.8 Å². The highest BCUT2D eigenvalue weighted by atomic mass is 32.2. The average molecular weight is 293 g/mol. The second kappa shape index (κ2) is 5.12. The number of hydrogen-bond acceptors (Lipinski definition) is 4. The van der Waals surface area contributed by atoms with Gasteiger partial charge in [-0.15, -0.1) is 0 Å². The summed E-state index contributed by atoms with van der Waals surface area (Å²) in [5.41, 5.74) is -1.26. The minimum absolute atomic E-state index is 0.0350. The van der Waals surface area contributed by atoms with Crippen LogP contribution in [0.25, 0.3) is 0 Å². The lowest BCUT2D eigenvalue weighted by Gasteiger charge is -2.20. The molecule has 0 bridgehead atoms. The predicted molar refractivity (Wildman–Crippen MR) is 61.9 cm³/mol. The molecule has 0 amide bonds.